The second-order valence-corrected chi connectivity index (χ2v) is 5.66. The largest absolute Gasteiger partial charge is 0.345 e. The average Bonchev–Trinajstić information content (AvgIpc) is 2.79. The van der Waals surface area contributed by atoms with Gasteiger partial charge in [0, 0.05) is 22.8 Å². The number of carbonyl (C=O) groups excluding carboxylic acids is 1. The van der Waals surface area contributed by atoms with Gasteiger partial charge in [-0.2, -0.15) is 5.10 Å². The normalized spacial score (nSPS) is 12.2. The summed E-state index contributed by atoms with van der Waals surface area (Å²) in [6.07, 6.45) is 1.78. The fourth-order valence-corrected chi connectivity index (χ4v) is 2.72. The van der Waals surface area contributed by atoms with Crippen molar-refractivity contribution in [1.29, 1.82) is 0 Å². The molecule has 0 aliphatic rings. The quantitative estimate of drug-likeness (QED) is 0.923. The summed E-state index contributed by atoms with van der Waals surface area (Å²) in [7, 11) is 0. The number of rotatable bonds is 4. The monoisotopic (exact) mass is 325 g/mol. The Bertz CT molecular complexity index is 667. The fraction of sp³-hybridized carbons (Fsp3) is 0.333. The van der Waals surface area contributed by atoms with Crippen molar-refractivity contribution < 1.29 is 4.79 Å². The first-order valence-corrected chi connectivity index (χ1v) is 7.47. The number of aryl methyl sites for hydroxylation is 1. The van der Waals surface area contributed by atoms with Crippen molar-refractivity contribution >= 4 is 29.1 Å². The molecule has 2 rings (SSSR count). The summed E-state index contributed by atoms with van der Waals surface area (Å²) >= 11 is 11.9. The molecule has 0 fully saturated rings. The van der Waals surface area contributed by atoms with Crippen LogP contribution >= 0.6 is 23.2 Å². The molecule has 0 aliphatic heterocycles. The second kappa shape index (κ2) is 6.50. The van der Waals surface area contributed by atoms with E-state index in [1.165, 1.54) is 0 Å². The Morgan fingerprint density at radius 2 is 2.14 bits per heavy atom. The Labute approximate surface area is 134 Å². The highest BCUT2D eigenvalue weighted by atomic mass is 35.5. The van der Waals surface area contributed by atoms with Crippen LogP contribution in [0.1, 0.15) is 41.5 Å². The highest BCUT2D eigenvalue weighted by Crippen LogP contribution is 2.22. The maximum Gasteiger partial charge on any atom is 0.253 e. The van der Waals surface area contributed by atoms with Crippen LogP contribution in [0.4, 0.5) is 0 Å². The molecule has 0 saturated heterocycles. The molecule has 1 aromatic heterocycles. The van der Waals surface area contributed by atoms with Gasteiger partial charge < -0.3 is 5.32 Å². The Morgan fingerprint density at radius 1 is 1.43 bits per heavy atom. The van der Waals surface area contributed by atoms with Crippen molar-refractivity contribution in [2.24, 2.45) is 0 Å². The van der Waals surface area contributed by atoms with E-state index in [0.717, 1.165) is 17.8 Å². The SMILES string of the molecule is CCn1ncc(C(C)NC(=O)c2ccc(Cl)cc2Cl)c1C. The predicted molar refractivity (Wildman–Crippen MR) is 85.0 cm³/mol. The fourth-order valence-electron chi connectivity index (χ4n) is 2.23. The molecule has 6 heteroatoms. The Balaban J connectivity index is 2.16. The third kappa shape index (κ3) is 3.39. The number of nitrogens with zero attached hydrogens (tertiary/aromatic N) is 2. The molecule has 1 N–H and O–H groups in total. The molecular weight excluding hydrogens is 309 g/mol. The van der Waals surface area contributed by atoms with Crippen molar-refractivity contribution in [2.75, 3.05) is 0 Å². The molecule has 0 aliphatic carbocycles. The Hall–Kier alpha value is -1.52. The lowest BCUT2D eigenvalue weighted by molar-refractivity contribution is 0.0940. The van der Waals surface area contributed by atoms with Crippen LogP contribution in [0.3, 0.4) is 0 Å². The lowest BCUT2D eigenvalue weighted by Crippen LogP contribution is -2.27. The van der Waals surface area contributed by atoms with Crippen LogP contribution in [-0.2, 0) is 6.54 Å². The lowest BCUT2D eigenvalue weighted by Gasteiger charge is -2.14. The first kappa shape index (κ1) is 15.9. The zero-order valence-corrected chi connectivity index (χ0v) is 13.7. The van der Waals surface area contributed by atoms with E-state index >= 15 is 0 Å². The maximum absolute atomic E-state index is 12.3. The highest BCUT2D eigenvalue weighted by molar-refractivity contribution is 6.36. The highest BCUT2D eigenvalue weighted by Gasteiger charge is 2.17. The molecule has 1 amide bonds. The van der Waals surface area contributed by atoms with Gasteiger partial charge in [-0.15, -0.1) is 0 Å². The maximum atomic E-state index is 12.3. The van der Waals surface area contributed by atoms with E-state index < -0.39 is 0 Å². The molecule has 0 bridgehead atoms. The van der Waals surface area contributed by atoms with E-state index in [-0.39, 0.29) is 11.9 Å². The molecule has 0 saturated carbocycles. The minimum absolute atomic E-state index is 0.149. The van der Waals surface area contributed by atoms with E-state index in [9.17, 15) is 4.79 Å². The standard InChI is InChI=1S/C15H17Cl2N3O/c1-4-20-10(3)13(8-18-20)9(2)19-15(21)12-6-5-11(16)7-14(12)17/h5-9H,4H2,1-3H3,(H,19,21). The van der Waals surface area contributed by atoms with Crippen LogP contribution in [0.15, 0.2) is 24.4 Å². The van der Waals surface area contributed by atoms with Gasteiger partial charge in [-0.25, -0.2) is 0 Å². The van der Waals surface area contributed by atoms with Crippen molar-refractivity contribution in [3.05, 3.63) is 51.3 Å². The number of aromatic nitrogens is 2. The first-order chi connectivity index (χ1) is 9.93. The van der Waals surface area contributed by atoms with Gasteiger partial charge in [-0.1, -0.05) is 23.2 Å². The number of amides is 1. The number of halogens is 2. The minimum Gasteiger partial charge on any atom is -0.345 e. The topological polar surface area (TPSA) is 46.9 Å². The molecule has 21 heavy (non-hydrogen) atoms. The van der Waals surface area contributed by atoms with E-state index in [0.29, 0.717) is 15.6 Å². The zero-order valence-electron chi connectivity index (χ0n) is 12.2. The number of hydrogen-bond donors (Lipinski definition) is 1. The number of nitrogens with one attached hydrogen (secondary N) is 1. The summed E-state index contributed by atoms with van der Waals surface area (Å²) in [5.74, 6) is -0.229. The third-order valence-electron chi connectivity index (χ3n) is 3.43. The van der Waals surface area contributed by atoms with Crippen LogP contribution < -0.4 is 5.32 Å². The zero-order chi connectivity index (χ0) is 15.6. The van der Waals surface area contributed by atoms with Gasteiger partial charge >= 0.3 is 0 Å². The van der Waals surface area contributed by atoms with Crippen LogP contribution in [0.25, 0.3) is 0 Å². The van der Waals surface area contributed by atoms with E-state index in [1.54, 1.807) is 24.4 Å². The Kier molecular flexibility index (Phi) is 4.91. The van der Waals surface area contributed by atoms with Gasteiger partial charge in [-0.3, -0.25) is 9.48 Å². The van der Waals surface area contributed by atoms with Gasteiger partial charge in [0.2, 0.25) is 0 Å². The van der Waals surface area contributed by atoms with Crippen molar-refractivity contribution in [2.45, 2.75) is 33.4 Å². The number of hydrogen-bond acceptors (Lipinski definition) is 2. The molecule has 1 atom stereocenters. The molecule has 2 aromatic rings. The molecule has 1 aromatic carbocycles. The van der Waals surface area contributed by atoms with Gasteiger partial charge in [-0.05, 0) is 39.0 Å². The van der Waals surface area contributed by atoms with Crippen LogP contribution in [0, 0.1) is 6.92 Å². The van der Waals surface area contributed by atoms with Crippen molar-refractivity contribution in [1.82, 2.24) is 15.1 Å². The summed E-state index contributed by atoms with van der Waals surface area (Å²) < 4.78 is 1.90. The van der Waals surface area contributed by atoms with Gasteiger partial charge in [0.15, 0.2) is 0 Å². The van der Waals surface area contributed by atoms with E-state index in [1.807, 2.05) is 25.5 Å². The summed E-state index contributed by atoms with van der Waals surface area (Å²) in [5, 5.41) is 8.06. The second-order valence-electron chi connectivity index (χ2n) is 4.82. The smallest absolute Gasteiger partial charge is 0.253 e. The molecule has 1 unspecified atom stereocenters. The molecule has 0 spiro atoms. The summed E-state index contributed by atoms with van der Waals surface area (Å²) in [6, 6.07) is 4.68. The average molecular weight is 326 g/mol. The molecule has 4 nitrogen and oxygen atoms in total. The molecule has 1 heterocycles. The van der Waals surface area contributed by atoms with E-state index in [4.69, 9.17) is 23.2 Å². The molecule has 0 radical (unpaired) electrons. The Morgan fingerprint density at radius 3 is 2.71 bits per heavy atom. The summed E-state index contributed by atoms with van der Waals surface area (Å²) in [6.45, 7) is 6.74. The van der Waals surface area contributed by atoms with Gasteiger partial charge in [0.05, 0.1) is 22.8 Å². The summed E-state index contributed by atoms with van der Waals surface area (Å²) in [5.41, 5.74) is 2.45. The molecular formula is C15H17Cl2N3O. The van der Waals surface area contributed by atoms with Crippen LogP contribution in [0.5, 0.6) is 0 Å². The minimum atomic E-state index is -0.229. The number of carbonyl (C=O) groups is 1. The summed E-state index contributed by atoms with van der Waals surface area (Å²) in [4.78, 5) is 12.3. The predicted octanol–water partition coefficient (Wildman–Crippen LogP) is 4.01. The third-order valence-corrected chi connectivity index (χ3v) is 3.98. The van der Waals surface area contributed by atoms with Crippen molar-refractivity contribution in [3.63, 3.8) is 0 Å². The lowest BCUT2D eigenvalue weighted by atomic mass is 10.1. The van der Waals surface area contributed by atoms with Crippen LogP contribution in [-0.4, -0.2) is 15.7 Å². The number of benzene rings is 1. The first-order valence-electron chi connectivity index (χ1n) is 6.72. The van der Waals surface area contributed by atoms with Crippen molar-refractivity contribution in [3.8, 4) is 0 Å². The van der Waals surface area contributed by atoms with Gasteiger partial charge in [0.25, 0.3) is 5.91 Å². The van der Waals surface area contributed by atoms with Crippen LogP contribution in [0.2, 0.25) is 10.0 Å². The molecule has 112 valence electrons. The van der Waals surface area contributed by atoms with Gasteiger partial charge in [0.1, 0.15) is 0 Å². The van der Waals surface area contributed by atoms with E-state index in [2.05, 4.69) is 10.4 Å².